The molecule has 27 heavy (non-hydrogen) atoms. The quantitative estimate of drug-likeness (QED) is 0.363. The molecule has 0 saturated carbocycles. The van der Waals surface area contributed by atoms with Crippen LogP contribution in [0.4, 0.5) is 0 Å². The summed E-state index contributed by atoms with van der Waals surface area (Å²) in [5, 5.41) is 6.40. The highest BCUT2D eigenvalue weighted by molar-refractivity contribution is 14.0. The van der Waals surface area contributed by atoms with Crippen molar-refractivity contribution < 1.29 is 4.79 Å². The fourth-order valence-electron chi connectivity index (χ4n) is 3.06. The number of rotatable bonds is 6. The predicted molar refractivity (Wildman–Crippen MR) is 124 cm³/mol. The van der Waals surface area contributed by atoms with E-state index in [1.54, 1.807) is 0 Å². The van der Waals surface area contributed by atoms with Crippen molar-refractivity contribution in [1.82, 2.24) is 15.5 Å². The van der Waals surface area contributed by atoms with Crippen molar-refractivity contribution in [2.24, 2.45) is 10.4 Å². The zero-order valence-electron chi connectivity index (χ0n) is 17.3. The van der Waals surface area contributed by atoms with Gasteiger partial charge in [0.05, 0.1) is 6.54 Å². The molecule has 5 nitrogen and oxygen atoms in total. The lowest BCUT2D eigenvalue weighted by atomic mass is 9.93. The number of amides is 1. The van der Waals surface area contributed by atoms with Gasteiger partial charge in [-0.25, -0.2) is 4.99 Å². The summed E-state index contributed by atoms with van der Waals surface area (Å²) in [4.78, 5) is 19.3. The van der Waals surface area contributed by atoms with Crippen molar-refractivity contribution in [3.8, 4) is 0 Å². The molecule has 2 N–H and O–H groups in total. The van der Waals surface area contributed by atoms with Crippen LogP contribution in [-0.2, 0) is 6.54 Å². The third kappa shape index (κ3) is 7.31. The number of benzene rings is 1. The summed E-state index contributed by atoms with van der Waals surface area (Å²) in [7, 11) is 0. The Balaban J connectivity index is 0.00000364. The van der Waals surface area contributed by atoms with Crippen LogP contribution < -0.4 is 10.6 Å². The average Bonchev–Trinajstić information content (AvgIpc) is 2.98. The van der Waals surface area contributed by atoms with Gasteiger partial charge in [0, 0.05) is 31.2 Å². The Bertz CT molecular complexity index is 628. The molecule has 2 rings (SSSR count). The number of carbonyl (C=O) groups is 1. The first-order valence-electron chi connectivity index (χ1n) is 9.77. The number of aliphatic imine (C=N–C) groups is 1. The van der Waals surface area contributed by atoms with Gasteiger partial charge in [-0.1, -0.05) is 32.9 Å². The molecule has 0 aromatic heterocycles. The molecule has 1 aliphatic rings. The Kier molecular flexibility index (Phi) is 9.56. The molecule has 1 aromatic carbocycles. The van der Waals surface area contributed by atoms with Crippen LogP contribution in [0.2, 0.25) is 0 Å². The lowest BCUT2D eigenvalue weighted by Crippen LogP contribution is -2.40. The van der Waals surface area contributed by atoms with E-state index in [-0.39, 0.29) is 35.9 Å². The van der Waals surface area contributed by atoms with E-state index in [1.807, 2.05) is 31.2 Å². The van der Waals surface area contributed by atoms with Gasteiger partial charge >= 0.3 is 0 Å². The van der Waals surface area contributed by atoms with Crippen molar-refractivity contribution in [3.63, 3.8) is 0 Å². The van der Waals surface area contributed by atoms with Crippen LogP contribution in [0.1, 0.15) is 63.4 Å². The van der Waals surface area contributed by atoms with E-state index in [0.29, 0.717) is 17.5 Å². The van der Waals surface area contributed by atoms with Gasteiger partial charge < -0.3 is 15.5 Å². The van der Waals surface area contributed by atoms with E-state index in [4.69, 9.17) is 4.99 Å². The number of nitrogens with zero attached hydrogens (tertiary/aromatic N) is 2. The molecule has 6 heteroatoms. The fourth-order valence-corrected chi connectivity index (χ4v) is 3.06. The molecular formula is C21H35IN4O. The second-order valence-corrected chi connectivity index (χ2v) is 7.99. The molecule has 1 fully saturated rings. The maximum absolute atomic E-state index is 12.2. The first-order chi connectivity index (χ1) is 12.3. The fraction of sp³-hybridized carbons (Fsp3) is 0.619. The molecule has 0 spiro atoms. The van der Waals surface area contributed by atoms with Crippen molar-refractivity contribution in [2.45, 2.75) is 60.0 Å². The van der Waals surface area contributed by atoms with E-state index >= 15 is 0 Å². The van der Waals surface area contributed by atoms with Gasteiger partial charge in [-0.3, -0.25) is 4.79 Å². The van der Waals surface area contributed by atoms with Gasteiger partial charge in [0.15, 0.2) is 5.96 Å². The van der Waals surface area contributed by atoms with Gasteiger partial charge in [0.1, 0.15) is 0 Å². The standard InChI is InChI=1S/C21H34N4O.HI/c1-6-16(3)24-19(26)18-10-8-17(9-11-18)14-23-20(22-7-2)25-13-12-21(4,5)15-25;/h8-11,16H,6-7,12-15H2,1-5H3,(H,22,23)(H,24,26);1H. The normalized spacial score (nSPS) is 17.2. The SMILES string of the molecule is CCNC(=NCc1ccc(C(=O)NC(C)CC)cc1)N1CCC(C)(C)C1.I. The van der Waals surface area contributed by atoms with E-state index in [1.165, 1.54) is 6.42 Å². The molecular weight excluding hydrogens is 451 g/mol. The van der Waals surface area contributed by atoms with Crippen molar-refractivity contribution in [3.05, 3.63) is 35.4 Å². The largest absolute Gasteiger partial charge is 0.357 e. The summed E-state index contributed by atoms with van der Waals surface area (Å²) in [6.45, 7) is 14.4. The molecule has 0 aliphatic carbocycles. The van der Waals surface area contributed by atoms with E-state index < -0.39 is 0 Å². The first kappa shape index (κ1) is 23.7. The van der Waals surface area contributed by atoms with Crippen LogP contribution >= 0.6 is 24.0 Å². The monoisotopic (exact) mass is 486 g/mol. The molecule has 1 atom stereocenters. The van der Waals surface area contributed by atoms with Gasteiger partial charge in [0.2, 0.25) is 0 Å². The zero-order chi connectivity index (χ0) is 19.2. The smallest absolute Gasteiger partial charge is 0.251 e. The Morgan fingerprint density at radius 1 is 1.26 bits per heavy atom. The highest BCUT2D eigenvalue weighted by Gasteiger charge is 2.30. The predicted octanol–water partition coefficient (Wildman–Crippen LogP) is 4.03. The second-order valence-electron chi connectivity index (χ2n) is 7.99. The van der Waals surface area contributed by atoms with Crippen LogP contribution in [-0.4, -0.2) is 42.4 Å². The second kappa shape index (κ2) is 10.9. The molecule has 0 bridgehead atoms. The number of hydrogen-bond acceptors (Lipinski definition) is 2. The molecule has 1 aromatic rings. The Labute approximate surface area is 181 Å². The molecule has 1 amide bonds. The number of carbonyl (C=O) groups excluding carboxylic acids is 1. The minimum absolute atomic E-state index is 0. The van der Waals surface area contributed by atoms with Gasteiger partial charge in [-0.05, 0) is 49.8 Å². The van der Waals surface area contributed by atoms with Gasteiger partial charge in [-0.2, -0.15) is 0 Å². The number of halogens is 1. The number of hydrogen-bond donors (Lipinski definition) is 2. The number of nitrogens with one attached hydrogen (secondary N) is 2. The van der Waals surface area contributed by atoms with Crippen molar-refractivity contribution >= 4 is 35.8 Å². The summed E-state index contributed by atoms with van der Waals surface area (Å²) in [6, 6.07) is 7.95. The lowest BCUT2D eigenvalue weighted by molar-refractivity contribution is 0.0939. The van der Waals surface area contributed by atoms with Crippen LogP contribution in [0.25, 0.3) is 0 Å². The van der Waals surface area contributed by atoms with Crippen LogP contribution in [0.5, 0.6) is 0 Å². The molecule has 1 heterocycles. The Hall–Kier alpha value is -1.31. The molecule has 1 saturated heterocycles. The topological polar surface area (TPSA) is 56.7 Å². The van der Waals surface area contributed by atoms with Crippen LogP contribution in [0, 0.1) is 5.41 Å². The summed E-state index contributed by atoms with van der Waals surface area (Å²) in [5.41, 5.74) is 2.16. The number of guanidine groups is 1. The average molecular weight is 486 g/mol. The Morgan fingerprint density at radius 3 is 2.44 bits per heavy atom. The highest BCUT2D eigenvalue weighted by atomic mass is 127. The minimum Gasteiger partial charge on any atom is -0.357 e. The lowest BCUT2D eigenvalue weighted by Gasteiger charge is -2.23. The zero-order valence-corrected chi connectivity index (χ0v) is 19.7. The minimum atomic E-state index is -0.0120. The molecule has 1 unspecified atom stereocenters. The maximum Gasteiger partial charge on any atom is 0.251 e. The summed E-state index contributed by atoms with van der Waals surface area (Å²) in [5.74, 6) is 0.971. The van der Waals surface area contributed by atoms with Crippen LogP contribution in [0.3, 0.4) is 0 Å². The van der Waals surface area contributed by atoms with E-state index in [0.717, 1.165) is 37.6 Å². The van der Waals surface area contributed by atoms with E-state index in [9.17, 15) is 4.79 Å². The summed E-state index contributed by atoms with van der Waals surface area (Å²) in [6.07, 6.45) is 2.12. The molecule has 1 aliphatic heterocycles. The third-order valence-electron chi connectivity index (χ3n) is 4.93. The van der Waals surface area contributed by atoms with Crippen molar-refractivity contribution in [2.75, 3.05) is 19.6 Å². The highest BCUT2D eigenvalue weighted by Crippen LogP contribution is 2.28. The molecule has 152 valence electrons. The maximum atomic E-state index is 12.2. The number of likely N-dealkylation sites (tertiary alicyclic amines) is 1. The van der Waals surface area contributed by atoms with E-state index in [2.05, 4.69) is 43.2 Å². The third-order valence-corrected chi connectivity index (χ3v) is 4.93. The summed E-state index contributed by atoms with van der Waals surface area (Å²) >= 11 is 0. The summed E-state index contributed by atoms with van der Waals surface area (Å²) < 4.78 is 0. The van der Waals surface area contributed by atoms with Gasteiger partial charge in [0.25, 0.3) is 5.91 Å². The first-order valence-corrected chi connectivity index (χ1v) is 9.77. The molecule has 0 radical (unpaired) electrons. The van der Waals surface area contributed by atoms with Crippen molar-refractivity contribution in [1.29, 1.82) is 0 Å². The van der Waals surface area contributed by atoms with Crippen LogP contribution in [0.15, 0.2) is 29.3 Å². The Morgan fingerprint density at radius 2 is 1.93 bits per heavy atom. The van der Waals surface area contributed by atoms with Gasteiger partial charge in [-0.15, -0.1) is 24.0 Å².